The van der Waals surface area contributed by atoms with Crippen LogP contribution in [0.15, 0.2) is 119 Å². The average molecular weight is 694 g/mol. The maximum Gasteiger partial charge on any atom is 0.271 e. The molecule has 0 saturated carbocycles. The van der Waals surface area contributed by atoms with Gasteiger partial charge in [-0.15, -0.1) is 0 Å². The highest BCUT2D eigenvalue weighted by Gasteiger charge is 2.35. The molecule has 234 valence electrons. The second-order valence-electron chi connectivity index (χ2n) is 10.6. The minimum atomic E-state index is -4.37. The molecule has 0 saturated heterocycles. The van der Waals surface area contributed by atoms with E-state index in [1.807, 2.05) is 68.4 Å². The Morgan fingerprint density at radius 1 is 0.867 bits per heavy atom. The highest BCUT2D eigenvalue weighted by atomic mass is 79.9. The number of rotatable bonds is 13. The Kier molecular flexibility index (Phi) is 11.1. The van der Waals surface area contributed by atoms with Crippen molar-refractivity contribution in [1.82, 2.24) is 10.2 Å². The predicted octanol–water partition coefficient (Wildman–Crippen LogP) is 5.72. The number of nitro benzene ring substituents is 1. The maximum atomic E-state index is 14.4. The van der Waals surface area contributed by atoms with Crippen LogP contribution in [-0.2, 0) is 32.6 Å². The van der Waals surface area contributed by atoms with Gasteiger partial charge in [-0.2, -0.15) is 0 Å². The van der Waals surface area contributed by atoms with E-state index in [1.54, 1.807) is 18.2 Å². The first-order valence-electron chi connectivity index (χ1n) is 14.2. The SMILES string of the molecule is CC(C)NC(=O)[C@H](Cc1ccccc1)N(Cc1ccc(Br)cc1)C(=O)CN(c1cccc([N+](=O)[O-])c1)S(=O)(=O)c1ccccc1. The number of nitro groups is 1. The number of nitrogens with zero attached hydrogens (tertiary/aromatic N) is 3. The lowest BCUT2D eigenvalue weighted by molar-refractivity contribution is -0.384. The number of anilines is 1. The Hall–Kier alpha value is -4.55. The molecule has 0 fully saturated rings. The van der Waals surface area contributed by atoms with Gasteiger partial charge in [0, 0.05) is 35.6 Å². The van der Waals surface area contributed by atoms with Gasteiger partial charge in [0.25, 0.3) is 15.7 Å². The van der Waals surface area contributed by atoms with Crippen molar-refractivity contribution in [2.75, 3.05) is 10.8 Å². The molecular formula is C33H33BrN4O6S. The van der Waals surface area contributed by atoms with Crippen LogP contribution in [0.2, 0.25) is 0 Å². The second kappa shape index (κ2) is 15.0. The van der Waals surface area contributed by atoms with E-state index in [0.717, 1.165) is 26.0 Å². The zero-order valence-electron chi connectivity index (χ0n) is 24.7. The number of sulfonamides is 1. The molecule has 0 aliphatic heterocycles. The van der Waals surface area contributed by atoms with Crippen LogP contribution in [-0.4, -0.2) is 48.7 Å². The van der Waals surface area contributed by atoms with Crippen LogP contribution in [0.3, 0.4) is 0 Å². The molecule has 0 aliphatic carbocycles. The normalized spacial score (nSPS) is 11.9. The summed E-state index contributed by atoms with van der Waals surface area (Å²) < 4.78 is 29.7. The third-order valence-electron chi connectivity index (χ3n) is 6.91. The first kappa shape index (κ1) is 33.3. The number of benzene rings is 4. The van der Waals surface area contributed by atoms with E-state index in [1.165, 1.54) is 35.2 Å². The summed E-state index contributed by atoms with van der Waals surface area (Å²) in [5.74, 6) is -1.06. The molecule has 1 atom stereocenters. The van der Waals surface area contributed by atoms with Crippen molar-refractivity contribution in [3.8, 4) is 0 Å². The van der Waals surface area contributed by atoms with Gasteiger partial charge in [0.05, 0.1) is 15.5 Å². The van der Waals surface area contributed by atoms with Crippen molar-refractivity contribution in [3.63, 3.8) is 0 Å². The summed E-state index contributed by atoms with van der Waals surface area (Å²) in [5.41, 5.74) is 1.13. The van der Waals surface area contributed by atoms with Crippen LogP contribution >= 0.6 is 15.9 Å². The summed E-state index contributed by atoms with van der Waals surface area (Å²) in [6.07, 6.45) is 0.171. The highest BCUT2D eigenvalue weighted by Crippen LogP contribution is 2.28. The van der Waals surface area contributed by atoms with Crippen LogP contribution in [0.25, 0.3) is 0 Å². The molecule has 45 heavy (non-hydrogen) atoms. The molecule has 10 nitrogen and oxygen atoms in total. The van der Waals surface area contributed by atoms with Gasteiger partial charge in [-0.3, -0.25) is 24.0 Å². The van der Waals surface area contributed by atoms with Crippen LogP contribution in [0.5, 0.6) is 0 Å². The summed E-state index contributed by atoms with van der Waals surface area (Å²) in [6.45, 7) is 2.92. The van der Waals surface area contributed by atoms with E-state index in [2.05, 4.69) is 21.2 Å². The molecular weight excluding hydrogens is 660 g/mol. The molecule has 0 radical (unpaired) electrons. The number of amides is 2. The first-order valence-corrected chi connectivity index (χ1v) is 16.4. The zero-order valence-corrected chi connectivity index (χ0v) is 27.1. The monoisotopic (exact) mass is 692 g/mol. The van der Waals surface area contributed by atoms with Gasteiger partial charge in [-0.25, -0.2) is 8.42 Å². The molecule has 0 unspecified atom stereocenters. The van der Waals surface area contributed by atoms with Gasteiger partial charge < -0.3 is 10.2 Å². The fraction of sp³-hybridized carbons (Fsp3) is 0.212. The fourth-order valence-electron chi connectivity index (χ4n) is 4.73. The summed E-state index contributed by atoms with van der Waals surface area (Å²) in [5, 5.41) is 14.5. The lowest BCUT2D eigenvalue weighted by atomic mass is 10.0. The first-order chi connectivity index (χ1) is 21.5. The smallest absolute Gasteiger partial charge is 0.271 e. The molecule has 2 amide bonds. The van der Waals surface area contributed by atoms with E-state index in [4.69, 9.17) is 0 Å². The van der Waals surface area contributed by atoms with E-state index >= 15 is 0 Å². The van der Waals surface area contributed by atoms with E-state index in [0.29, 0.717) is 0 Å². The van der Waals surface area contributed by atoms with E-state index in [9.17, 15) is 28.1 Å². The molecule has 0 spiro atoms. The highest BCUT2D eigenvalue weighted by molar-refractivity contribution is 9.10. The summed E-state index contributed by atoms with van der Waals surface area (Å²) in [4.78, 5) is 40.4. The molecule has 4 aromatic carbocycles. The van der Waals surface area contributed by atoms with Crippen LogP contribution < -0.4 is 9.62 Å². The fourth-order valence-corrected chi connectivity index (χ4v) is 6.42. The minimum Gasteiger partial charge on any atom is -0.352 e. The molecule has 4 rings (SSSR count). The third-order valence-corrected chi connectivity index (χ3v) is 9.22. The van der Waals surface area contributed by atoms with Crippen molar-refractivity contribution in [1.29, 1.82) is 0 Å². The van der Waals surface area contributed by atoms with Crippen LogP contribution in [0.4, 0.5) is 11.4 Å². The van der Waals surface area contributed by atoms with Crippen molar-refractivity contribution >= 4 is 49.1 Å². The van der Waals surface area contributed by atoms with Gasteiger partial charge in [0.1, 0.15) is 12.6 Å². The standard InChI is InChI=1S/C33H33BrN4O6S/c1-24(2)35-33(40)31(20-25-10-5-3-6-11-25)36(22-26-16-18-27(34)19-17-26)32(39)23-37(28-12-9-13-29(21-28)38(41)42)45(43,44)30-14-7-4-8-15-30/h3-19,21,24,31H,20,22-23H2,1-2H3,(H,35,40)/t31-/m0/s1. The van der Waals surface area contributed by atoms with Gasteiger partial charge in [-0.1, -0.05) is 82.7 Å². The molecule has 4 aromatic rings. The van der Waals surface area contributed by atoms with Crippen LogP contribution in [0, 0.1) is 10.1 Å². The molecule has 0 aromatic heterocycles. The molecule has 0 bridgehead atoms. The van der Waals surface area contributed by atoms with Crippen LogP contribution in [0.1, 0.15) is 25.0 Å². The summed E-state index contributed by atoms with van der Waals surface area (Å²) in [7, 11) is -4.37. The quantitative estimate of drug-likeness (QED) is 0.141. The van der Waals surface area contributed by atoms with Gasteiger partial charge in [-0.05, 0) is 55.3 Å². The molecule has 1 N–H and O–H groups in total. The molecule has 12 heteroatoms. The lowest BCUT2D eigenvalue weighted by Crippen LogP contribution is -2.54. The second-order valence-corrected chi connectivity index (χ2v) is 13.4. The minimum absolute atomic E-state index is 0.00326. The zero-order chi connectivity index (χ0) is 32.6. The number of carbonyl (C=O) groups excluding carboxylic acids is 2. The number of non-ortho nitro benzene ring substituents is 1. The summed E-state index contributed by atoms with van der Waals surface area (Å²) >= 11 is 3.42. The topological polar surface area (TPSA) is 130 Å². The summed E-state index contributed by atoms with van der Waals surface area (Å²) in [6, 6.07) is 27.9. The number of hydrogen-bond donors (Lipinski definition) is 1. The third kappa shape index (κ3) is 8.77. The Morgan fingerprint density at radius 2 is 1.49 bits per heavy atom. The van der Waals surface area contributed by atoms with E-state index in [-0.39, 0.29) is 35.3 Å². The van der Waals surface area contributed by atoms with Crippen molar-refractivity contribution in [3.05, 3.63) is 135 Å². The Labute approximate surface area is 271 Å². The van der Waals surface area contributed by atoms with Gasteiger partial charge in [0.2, 0.25) is 11.8 Å². The van der Waals surface area contributed by atoms with Crippen molar-refractivity contribution in [2.45, 2.75) is 43.8 Å². The molecule has 0 heterocycles. The number of carbonyl (C=O) groups is 2. The lowest BCUT2D eigenvalue weighted by Gasteiger charge is -2.34. The largest absolute Gasteiger partial charge is 0.352 e. The van der Waals surface area contributed by atoms with Gasteiger partial charge >= 0.3 is 0 Å². The molecule has 0 aliphatic rings. The predicted molar refractivity (Wildman–Crippen MR) is 176 cm³/mol. The van der Waals surface area contributed by atoms with Gasteiger partial charge in [0.15, 0.2) is 0 Å². The average Bonchev–Trinajstić information content (AvgIpc) is 3.02. The van der Waals surface area contributed by atoms with Crippen molar-refractivity contribution in [2.24, 2.45) is 0 Å². The van der Waals surface area contributed by atoms with Crippen molar-refractivity contribution < 1.29 is 22.9 Å². The van der Waals surface area contributed by atoms with E-state index < -0.39 is 39.3 Å². The Morgan fingerprint density at radius 3 is 2.09 bits per heavy atom. The Balaban J connectivity index is 1.82. The number of halogens is 1. The number of nitrogens with one attached hydrogen (secondary N) is 1. The Bertz CT molecular complexity index is 1740. The maximum absolute atomic E-state index is 14.4. The number of hydrogen-bond acceptors (Lipinski definition) is 6.